The summed E-state index contributed by atoms with van der Waals surface area (Å²) in [6.07, 6.45) is 0.653. The Kier molecular flexibility index (Phi) is 7.84. The number of nitrogens with zero attached hydrogens (tertiary/aromatic N) is 3. The number of benzene rings is 2. The molecule has 5 nitrogen and oxygen atoms in total. The van der Waals surface area contributed by atoms with Gasteiger partial charge in [0.15, 0.2) is 5.78 Å². The van der Waals surface area contributed by atoms with Crippen LogP contribution in [-0.4, -0.2) is 34.4 Å². The van der Waals surface area contributed by atoms with Crippen LogP contribution >= 0.6 is 11.6 Å². The van der Waals surface area contributed by atoms with Crippen LogP contribution in [0.3, 0.4) is 0 Å². The van der Waals surface area contributed by atoms with Crippen LogP contribution < -0.4 is 9.64 Å². The minimum atomic E-state index is -4.35. The Morgan fingerprint density at radius 1 is 1.05 bits per heavy atom. The van der Waals surface area contributed by atoms with Gasteiger partial charge < -0.3 is 9.64 Å². The smallest absolute Gasteiger partial charge is 0.416 e. The van der Waals surface area contributed by atoms with Crippen molar-refractivity contribution in [2.45, 2.75) is 51.3 Å². The maximum absolute atomic E-state index is 13.1. The lowest BCUT2D eigenvalue weighted by molar-refractivity contribution is -0.137. The molecular formula is C30H29ClF3N3O2. The number of carbonyl (C=O) groups excluding carboxylic acids is 1. The van der Waals surface area contributed by atoms with Gasteiger partial charge in [0.05, 0.1) is 11.3 Å². The van der Waals surface area contributed by atoms with Gasteiger partial charge >= 0.3 is 6.18 Å². The number of halogens is 4. The highest BCUT2D eigenvalue weighted by Gasteiger charge is 2.30. The number of ketones is 1. The van der Waals surface area contributed by atoms with Gasteiger partial charge in [-0.1, -0.05) is 30.7 Å². The average Bonchev–Trinajstić information content (AvgIpc) is 3.30. The molecule has 1 aliphatic rings. The number of aryl methyl sites for hydroxylation is 2. The third-order valence-electron chi connectivity index (χ3n) is 7.13. The molecule has 2 aromatic heterocycles. The summed E-state index contributed by atoms with van der Waals surface area (Å²) in [7, 11) is 0. The maximum atomic E-state index is 13.1. The minimum Gasteiger partial charge on any atom is -0.490 e. The van der Waals surface area contributed by atoms with E-state index in [1.165, 1.54) is 12.1 Å². The largest absolute Gasteiger partial charge is 0.490 e. The number of pyridine rings is 1. The summed E-state index contributed by atoms with van der Waals surface area (Å²) < 4.78 is 46.0. The van der Waals surface area contributed by atoms with Gasteiger partial charge in [-0.25, -0.2) is 4.98 Å². The van der Waals surface area contributed by atoms with Gasteiger partial charge in [-0.3, -0.25) is 9.20 Å². The molecule has 0 radical (unpaired) electrons. The normalized spacial score (nSPS) is 14.6. The summed E-state index contributed by atoms with van der Waals surface area (Å²) in [6, 6.07) is 16.7. The lowest BCUT2D eigenvalue weighted by Gasteiger charge is -2.33. The number of carbonyl (C=O) groups is 1. The third-order valence-corrected chi connectivity index (χ3v) is 7.36. The first-order chi connectivity index (χ1) is 18.7. The molecule has 1 fully saturated rings. The van der Waals surface area contributed by atoms with E-state index in [1.807, 2.05) is 11.3 Å². The molecule has 2 aromatic carbocycles. The van der Waals surface area contributed by atoms with Gasteiger partial charge in [0.25, 0.3) is 0 Å². The number of fused-ring (bicyclic) bond motifs is 1. The topological polar surface area (TPSA) is 46.8 Å². The number of imidazole rings is 1. The van der Waals surface area contributed by atoms with Crippen molar-refractivity contribution < 1.29 is 22.7 Å². The van der Waals surface area contributed by atoms with Crippen LogP contribution in [0.5, 0.6) is 5.75 Å². The number of anilines is 1. The van der Waals surface area contributed by atoms with Crippen molar-refractivity contribution in [2.75, 3.05) is 18.0 Å². The summed E-state index contributed by atoms with van der Waals surface area (Å²) in [6.45, 7) is 3.57. The molecule has 1 aliphatic heterocycles. The summed E-state index contributed by atoms with van der Waals surface area (Å²) in [4.78, 5) is 20.0. The Balaban J connectivity index is 1.14. The molecule has 1 saturated heterocycles. The lowest BCUT2D eigenvalue weighted by atomic mass is 10.0. The Hall–Kier alpha value is -3.52. The highest BCUT2D eigenvalue weighted by Crippen LogP contribution is 2.31. The van der Waals surface area contributed by atoms with Crippen LogP contribution in [0, 0.1) is 0 Å². The van der Waals surface area contributed by atoms with Crippen molar-refractivity contribution in [3.63, 3.8) is 0 Å². The van der Waals surface area contributed by atoms with Crippen molar-refractivity contribution in [1.82, 2.24) is 9.38 Å². The Morgan fingerprint density at radius 2 is 1.74 bits per heavy atom. The molecule has 0 N–H and O–H groups in total. The second-order valence-corrected chi connectivity index (χ2v) is 10.2. The molecule has 3 heterocycles. The first kappa shape index (κ1) is 27.1. The molecule has 0 spiro atoms. The highest BCUT2D eigenvalue weighted by atomic mass is 35.5. The molecule has 0 amide bonds. The number of alkyl halides is 3. The zero-order valence-corrected chi connectivity index (χ0v) is 22.3. The van der Waals surface area contributed by atoms with Crippen molar-refractivity contribution in [2.24, 2.45) is 0 Å². The van der Waals surface area contributed by atoms with Crippen LogP contribution in [0.1, 0.15) is 53.5 Å². The zero-order chi connectivity index (χ0) is 27.6. The summed E-state index contributed by atoms with van der Waals surface area (Å²) in [5, 5.41) is 0.588. The van der Waals surface area contributed by atoms with E-state index in [9.17, 15) is 18.0 Å². The van der Waals surface area contributed by atoms with Gasteiger partial charge in [0, 0.05) is 55.3 Å². The summed E-state index contributed by atoms with van der Waals surface area (Å²) >= 11 is 6.09. The van der Waals surface area contributed by atoms with Gasteiger partial charge in [-0.2, -0.15) is 13.2 Å². The van der Waals surface area contributed by atoms with E-state index >= 15 is 0 Å². The van der Waals surface area contributed by atoms with Crippen molar-refractivity contribution in [1.29, 1.82) is 0 Å². The fraction of sp³-hybridized carbons (Fsp3) is 0.333. The van der Waals surface area contributed by atoms with E-state index in [2.05, 4.69) is 34.1 Å². The molecule has 5 rings (SSSR count). The van der Waals surface area contributed by atoms with Crippen LogP contribution in [0.4, 0.5) is 18.9 Å². The minimum absolute atomic E-state index is 0.0352. The van der Waals surface area contributed by atoms with E-state index in [4.69, 9.17) is 16.3 Å². The van der Waals surface area contributed by atoms with Gasteiger partial charge in [-0.15, -0.1) is 0 Å². The molecule has 9 heteroatoms. The quantitative estimate of drug-likeness (QED) is 0.212. The van der Waals surface area contributed by atoms with Crippen molar-refractivity contribution in [3.05, 3.63) is 94.4 Å². The predicted octanol–water partition coefficient (Wildman–Crippen LogP) is 7.43. The van der Waals surface area contributed by atoms with Gasteiger partial charge in [0.2, 0.25) is 0 Å². The molecule has 0 saturated carbocycles. The lowest BCUT2D eigenvalue weighted by Crippen LogP contribution is -2.38. The van der Waals surface area contributed by atoms with Crippen LogP contribution in [0.15, 0.2) is 66.9 Å². The second-order valence-electron chi connectivity index (χ2n) is 9.75. The predicted molar refractivity (Wildman–Crippen MR) is 146 cm³/mol. The number of piperidine rings is 1. The molecule has 0 atom stereocenters. The summed E-state index contributed by atoms with van der Waals surface area (Å²) in [5.41, 5.74) is 3.60. The van der Waals surface area contributed by atoms with Gasteiger partial charge in [-0.05, 0) is 60.9 Å². The number of ether oxygens (including phenoxy) is 1. The SMILES string of the molecule is CCc1nc2cc(Cl)ccn2c1C(=O)CCc1ccc(N2CCC(Oc3ccc(C(F)(F)F)cc3)CC2)cc1. The van der Waals surface area contributed by atoms with Crippen LogP contribution in [0.25, 0.3) is 5.65 Å². The molecule has 204 valence electrons. The first-order valence-corrected chi connectivity index (χ1v) is 13.5. The summed E-state index contributed by atoms with van der Waals surface area (Å²) in [5.74, 6) is 0.514. The monoisotopic (exact) mass is 555 g/mol. The fourth-order valence-electron chi connectivity index (χ4n) is 5.01. The van der Waals surface area contributed by atoms with E-state index in [0.29, 0.717) is 41.4 Å². The third kappa shape index (κ3) is 6.22. The maximum Gasteiger partial charge on any atom is 0.416 e. The van der Waals surface area contributed by atoms with Crippen LogP contribution in [0.2, 0.25) is 5.02 Å². The zero-order valence-electron chi connectivity index (χ0n) is 21.5. The molecule has 4 aromatic rings. The molecule has 0 aliphatic carbocycles. The number of rotatable bonds is 8. The van der Waals surface area contributed by atoms with E-state index in [0.717, 1.165) is 55.0 Å². The number of aromatic nitrogens is 2. The number of hydrogen-bond donors (Lipinski definition) is 0. The van der Waals surface area contributed by atoms with E-state index in [-0.39, 0.29) is 11.9 Å². The van der Waals surface area contributed by atoms with E-state index < -0.39 is 11.7 Å². The molecule has 0 bridgehead atoms. The number of Topliss-reactive ketones (excluding diaryl/α,β-unsaturated/α-hetero) is 1. The second kappa shape index (κ2) is 11.3. The first-order valence-electron chi connectivity index (χ1n) is 13.1. The Bertz CT molecular complexity index is 1440. The van der Waals surface area contributed by atoms with Crippen molar-refractivity contribution in [3.8, 4) is 5.75 Å². The standard InChI is InChI=1S/C30H29ClF3N3O2/c1-2-26-29(37-18-13-22(31)19-28(37)35-26)27(38)12-5-20-3-8-23(9-4-20)36-16-14-25(15-17-36)39-24-10-6-21(7-11-24)30(32,33)34/h3-4,6-11,13,18-19,25H,2,5,12,14-17H2,1H3. The highest BCUT2D eigenvalue weighted by molar-refractivity contribution is 6.30. The van der Waals surface area contributed by atoms with Crippen molar-refractivity contribution >= 4 is 28.7 Å². The number of hydrogen-bond acceptors (Lipinski definition) is 4. The molecule has 0 unspecified atom stereocenters. The fourth-order valence-corrected chi connectivity index (χ4v) is 5.16. The Labute approximate surface area is 230 Å². The molecule has 39 heavy (non-hydrogen) atoms. The average molecular weight is 556 g/mol. The van der Waals surface area contributed by atoms with Crippen LogP contribution in [-0.2, 0) is 19.0 Å². The molecular weight excluding hydrogens is 527 g/mol. The Morgan fingerprint density at radius 3 is 2.38 bits per heavy atom. The van der Waals surface area contributed by atoms with Gasteiger partial charge in [0.1, 0.15) is 23.2 Å². The van der Waals surface area contributed by atoms with E-state index in [1.54, 1.807) is 18.3 Å².